The zero-order valence-electron chi connectivity index (χ0n) is 13.0. The van der Waals surface area contributed by atoms with Gasteiger partial charge >= 0.3 is 6.03 Å². The summed E-state index contributed by atoms with van der Waals surface area (Å²) in [7, 11) is 0. The Morgan fingerprint density at radius 2 is 2.09 bits per heavy atom. The van der Waals surface area contributed by atoms with Crippen LogP contribution in [0.2, 0.25) is 0 Å². The molecule has 0 spiro atoms. The predicted molar refractivity (Wildman–Crippen MR) is 83.6 cm³/mol. The molecule has 3 rings (SSSR count). The summed E-state index contributed by atoms with van der Waals surface area (Å²) in [4.78, 5) is 12.2. The number of ether oxygens (including phenoxy) is 1. The monoisotopic (exact) mass is 304 g/mol. The van der Waals surface area contributed by atoms with Crippen LogP contribution < -0.4 is 10.6 Å². The van der Waals surface area contributed by atoms with Crippen molar-refractivity contribution in [1.29, 1.82) is 0 Å². The van der Waals surface area contributed by atoms with E-state index in [9.17, 15) is 9.90 Å². The predicted octanol–water partition coefficient (Wildman–Crippen LogP) is 1.76. The number of carbonyl (C=O) groups excluding carboxylic acids is 1. The van der Waals surface area contributed by atoms with Crippen LogP contribution >= 0.6 is 0 Å². The lowest BCUT2D eigenvalue weighted by atomic mass is 9.94. The minimum absolute atomic E-state index is 0.0422. The molecule has 3 N–H and O–H groups in total. The van der Waals surface area contributed by atoms with Gasteiger partial charge in [-0.15, -0.1) is 0 Å². The number of nitrogens with one attached hydrogen (secondary N) is 2. The highest BCUT2D eigenvalue weighted by Crippen LogP contribution is 2.35. The number of aliphatic hydroxyl groups is 1. The molecule has 5 nitrogen and oxygen atoms in total. The van der Waals surface area contributed by atoms with Gasteiger partial charge in [-0.2, -0.15) is 0 Å². The lowest BCUT2D eigenvalue weighted by Gasteiger charge is -2.32. The first-order valence-electron chi connectivity index (χ1n) is 8.00. The second kappa shape index (κ2) is 6.26. The van der Waals surface area contributed by atoms with Gasteiger partial charge in [-0.05, 0) is 23.5 Å². The summed E-state index contributed by atoms with van der Waals surface area (Å²) in [6.07, 6.45) is 2.12. The van der Waals surface area contributed by atoms with E-state index in [-0.39, 0.29) is 18.6 Å². The molecule has 2 atom stereocenters. The number of hydrogen-bond donors (Lipinski definition) is 3. The zero-order chi connectivity index (χ0) is 15.6. The van der Waals surface area contributed by atoms with Crippen LogP contribution in [-0.2, 0) is 11.2 Å². The average Bonchev–Trinajstić information content (AvgIpc) is 2.82. The van der Waals surface area contributed by atoms with Crippen molar-refractivity contribution in [3.63, 3.8) is 0 Å². The number of amides is 2. The molecule has 0 aromatic heterocycles. The third kappa shape index (κ3) is 3.25. The molecule has 0 bridgehead atoms. The van der Waals surface area contributed by atoms with Gasteiger partial charge < -0.3 is 20.5 Å². The summed E-state index contributed by atoms with van der Waals surface area (Å²) in [6.45, 7) is 3.52. The standard InChI is InChI=1S/C17H24N2O3/c1-12-10-13-4-2-3-5-14(13)15(12)19-16(20)18-11-17(21)6-8-22-9-7-17/h2-5,12,15,21H,6-11H2,1H3,(H2,18,19,20). The van der Waals surface area contributed by atoms with Crippen molar-refractivity contribution in [2.75, 3.05) is 19.8 Å². The first-order chi connectivity index (χ1) is 10.6. The van der Waals surface area contributed by atoms with Crippen LogP contribution in [0.3, 0.4) is 0 Å². The minimum atomic E-state index is -0.839. The van der Waals surface area contributed by atoms with E-state index in [1.54, 1.807) is 0 Å². The number of carbonyl (C=O) groups is 1. The van der Waals surface area contributed by atoms with Gasteiger partial charge in [0.15, 0.2) is 0 Å². The fourth-order valence-corrected chi connectivity index (χ4v) is 3.38. The minimum Gasteiger partial charge on any atom is -0.388 e. The maximum atomic E-state index is 12.2. The molecular formula is C17H24N2O3. The summed E-state index contributed by atoms with van der Waals surface area (Å²) >= 11 is 0. The Balaban J connectivity index is 1.56. The Kier molecular flexibility index (Phi) is 4.36. The Morgan fingerprint density at radius 1 is 1.36 bits per heavy atom. The van der Waals surface area contributed by atoms with Crippen LogP contribution in [0.25, 0.3) is 0 Å². The van der Waals surface area contributed by atoms with E-state index in [0.717, 1.165) is 6.42 Å². The second-order valence-corrected chi connectivity index (χ2v) is 6.52. The SMILES string of the molecule is CC1Cc2ccccc2C1NC(=O)NCC1(O)CCOCC1. The molecule has 2 aliphatic rings. The first kappa shape index (κ1) is 15.3. The third-order valence-electron chi connectivity index (χ3n) is 4.79. The van der Waals surface area contributed by atoms with Crippen LogP contribution in [-0.4, -0.2) is 36.5 Å². The maximum absolute atomic E-state index is 12.2. The normalized spacial score (nSPS) is 26.3. The van der Waals surface area contributed by atoms with E-state index in [1.165, 1.54) is 11.1 Å². The lowest BCUT2D eigenvalue weighted by molar-refractivity contribution is -0.0600. The van der Waals surface area contributed by atoms with E-state index in [2.05, 4.69) is 29.7 Å². The van der Waals surface area contributed by atoms with Crippen molar-refractivity contribution in [2.24, 2.45) is 5.92 Å². The number of urea groups is 1. The van der Waals surface area contributed by atoms with E-state index in [1.807, 2.05) is 12.1 Å². The summed E-state index contributed by atoms with van der Waals surface area (Å²) in [5, 5.41) is 16.2. The van der Waals surface area contributed by atoms with Crippen molar-refractivity contribution >= 4 is 6.03 Å². The topological polar surface area (TPSA) is 70.6 Å². The molecule has 1 aliphatic carbocycles. The lowest BCUT2D eigenvalue weighted by Crippen LogP contribution is -2.49. The van der Waals surface area contributed by atoms with Crippen LogP contribution in [0, 0.1) is 5.92 Å². The molecule has 22 heavy (non-hydrogen) atoms. The molecular weight excluding hydrogens is 280 g/mol. The van der Waals surface area contributed by atoms with Gasteiger partial charge in [-0.1, -0.05) is 31.2 Å². The molecule has 0 saturated carbocycles. The van der Waals surface area contributed by atoms with Crippen molar-refractivity contribution in [2.45, 2.75) is 37.8 Å². The van der Waals surface area contributed by atoms with Gasteiger partial charge in [-0.25, -0.2) is 4.79 Å². The summed E-state index contributed by atoms with van der Waals surface area (Å²) in [5.41, 5.74) is 1.67. The van der Waals surface area contributed by atoms with Crippen LogP contribution in [0.4, 0.5) is 4.79 Å². The van der Waals surface area contributed by atoms with Gasteiger partial charge in [0, 0.05) is 32.6 Å². The smallest absolute Gasteiger partial charge is 0.315 e. The number of benzene rings is 1. The van der Waals surface area contributed by atoms with Gasteiger partial charge in [0.25, 0.3) is 0 Å². The molecule has 1 heterocycles. The first-order valence-corrected chi connectivity index (χ1v) is 8.00. The fraction of sp³-hybridized carbons (Fsp3) is 0.588. The highest BCUT2D eigenvalue weighted by atomic mass is 16.5. The third-order valence-corrected chi connectivity index (χ3v) is 4.79. The molecule has 2 unspecified atom stereocenters. The second-order valence-electron chi connectivity index (χ2n) is 6.52. The van der Waals surface area contributed by atoms with Gasteiger partial charge in [-0.3, -0.25) is 0 Å². The van der Waals surface area contributed by atoms with Gasteiger partial charge in [0.2, 0.25) is 0 Å². The highest BCUT2D eigenvalue weighted by Gasteiger charge is 2.32. The van der Waals surface area contributed by atoms with Crippen LogP contribution in [0.5, 0.6) is 0 Å². The fourth-order valence-electron chi connectivity index (χ4n) is 3.38. The van der Waals surface area contributed by atoms with Gasteiger partial charge in [0.05, 0.1) is 11.6 Å². The van der Waals surface area contributed by atoms with Crippen molar-refractivity contribution in [3.8, 4) is 0 Å². The van der Waals surface area contributed by atoms with Crippen molar-refractivity contribution < 1.29 is 14.6 Å². The Labute approximate surface area is 131 Å². The summed E-state index contributed by atoms with van der Waals surface area (Å²) in [6, 6.07) is 8.07. The number of hydrogen-bond acceptors (Lipinski definition) is 3. The molecule has 1 aliphatic heterocycles. The maximum Gasteiger partial charge on any atom is 0.315 e. The van der Waals surface area contributed by atoms with Gasteiger partial charge in [0.1, 0.15) is 0 Å². The van der Waals surface area contributed by atoms with E-state index in [4.69, 9.17) is 4.74 Å². The largest absolute Gasteiger partial charge is 0.388 e. The molecule has 1 fully saturated rings. The van der Waals surface area contributed by atoms with Crippen molar-refractivity contribution in [1.82, 2.24) is 10.6 Å². The Morgan fingerprint density at radius 3 is 2.86 bits per heavy atom. The summed E-state index contributed by atoms with van der Waals surface area (Å²) in [5.74, 6) is 0.384. The van der Waals surface area contributed by atoms with E-state index < -0.39 is 5.60 Å². The number of fused-ring (bicyclic) bond motifs is 1. The zero-order valence-corrected chi connectivity index (χ0v) is 13.0. The molecule has 1 aromatic rings. The Bertz CT molecular complexity index is 540. The summed E-state index contributed by atoms with van der Waals surface area (Å²) < 4.78 is 5.24. The number of rotatable bonds is 3. The molecule has 2 amide bonds. The molecule has 1 saturated heterocycles. The van der Waals surface area contributed by atoms with Crippen LogP contribution in [0.15, 0.2) is 24.3 Å². The highest BCUT2D eigenvalue weighted by molar-refractivity contribution is 5.74. The van der Waals surface area contributed by atoms with E-state index >= 15 is 0 Å². The van der Waals surface area contributed by atoms with Crippen LogP contribution in [0.1, 0.15) is 36.9 Å². The Hall–Kier alpha value is -1.59. The quantitative estimate of drug-likeness (QED) is 0.797. The molecule has 1 aromatic carbocycles. The van der Waals surface area contributed by atoms with Crippen molar-refractivity contribution in [3.05, 3.63) is 35.4 Å². The molecule has 0 radical (unpaired) electrons. The van der Waals surface area contributed by atoms with E-state index in [0.29, 0.717) is 32.0 Å². The molecule has 5 heteroatoms. The molecule has 120 valence electrons. The average molecular weight is 304 g/mol.